The highest BCUT2D eigenvalue weighted by molar-refractivity contribution is 7.98. The predicted octanol–water partition coefficient (Wildman–Crippen LogP) is 2.71. The maximum absolute atomic E-state index is 12.3. The molecule has 0 spiro atoms. The minimum Gasteiger partial charge on any atom is -0.327 e. The topological polar surface area (TPSA) is 129 Å². The first kappa shape index (κ1) is 22.3. The summed E-state index contributed by atoms with van der Waals surface area (Å²) in [4.78, 5) is 17.0. The summed E-state index contributed by atoms with van der Waals surface area (Å²) >= 11 is 1.41. The van der Waals surface area contributed by atoms with Crippen LogP contribution in [-0.2, 0) is 28.9 Å². The lowest BCUT2D eigenvalue weighted by atomic mass is 10.2. The predicted molar refractivity (Wildman–Crippen MR) is 124 cm³/mol. The van der Waals surface area contributed by atoms with Gasteiger partial charge in [0.25, 0.3) is 0 Å². The summed E-state index contributed by atoms with van der Waals surface area (Å²) in [6.07, 6.45) is 1.97. The van der Waals surface area contributed by atoms with E-state index in [2.05, 4.69) is 26.7 Å². The zero-order valence-corrected chi connectivity index (χ0v) is 19.2. The van der Waals surface area contributed by atoms with Gasteiger partial charge in [0.05, 0.1) is 28.2 Å². The minimum atomic E-state index is -3.81. The summed E-state index contributed by atoms with van der Waals surface area (Å²) in [6, 6.07) is 14.5. The van der Waals surface area contributed by atoms with E-state index in [1.54, 1.807) is 10.6 Å². The second-order valence-electron chi connectivity index (χ2n) is 7.40. The second kappa shape index (κ2) is 9.31. The number of thioether (sulfide) groups is 1. The number of primary sulfonamides is 1. The Morgan fingerprint density at radius 1 is 1.12 bits per heavy atom. The maximum atomic E-state index is 12.3. The molecule has 0 aliphatic heterocycles. The third-order valence-electron chi connectivity index (χ3n) is 5.10. The largest absolute Gasteiger partial charge is 0.344 e. The van der Waals surface area contributed by atoms with Crippen LogP contribution in [0.5, 0.6) is 0 Å². The normalized spacial score (nSPS) is 11.9. The van der Waals surface area contributed by atoms with Crippen molar-refractivity contribution < 1.29 is 8.42 Å². The van der Waals surface area contributed by atoms with E-state index < -0.39 is 10.0 Å². The molecule has 0 saturated heterocycles. The molecule has 4 aromatic rings. The molecular formula is C21H24N6O3S2. The molecule has 9 nitrogen and oxygen atoms in total. The number of hydrogen-bond acceptors (Lipinski definition) is 6. The molecule has 0 atom stereocenters. The van der Waals surface area contributed by atoms with Gasteiger partial charge >= 0.3 is 5.69 Å². The monoisotopic (exact) mass is 472 g/mol. The van der Waals surface area contributed by atoms with Crippen molar-refractivity contribution in [1.82, 2.24) is 24.3 Å². The van der Waals surface area contributed by atoms with E-state index in [1.807, 2.05) is 30.3 Å². The third-order valence-corrected chi connectivity index (χ3v) is 6.98. The molecule has 0 fully saturated rings. The molecule has 0 aliphatic rings. The lowest BCUT2D eigenvalue weighted by Crippen LogP contribution is -2.18. The summed E-state index contributed by atoms with van der Waals surface area (Å²) < 4.78 is 27.2. The number of H-pyrrole nitrogens is 1. The number of nitrogens with zero attached hydrogens (tertiary/aromatic N) is 4. The van der Waals surface area contributed by atoms with Crippen LogP contribution in [0, 0.1) is 0 Å². The van der Waals surface area contributed by atoms with Gasteiger partial charge < -0.3 is 4.57 Å². The Morgan fingerprint density at radius 2 is 1.91 bits per heavy atom. The first-order chi connectivity index (χ1) is 15.4. The Morgan fingerprint density at radius 3 is 2.62 bits per heavy atom. The number of aryl methyl sites for hydroxylation is 1. The van der Waals surface area contributed by atoms with Gasteiger partial charge in [-0.1, -0.05) is 55.4 Å². The summed E-state index contributed by atoms with van der Waals surface area (Å²) in [6.45, 7) is 3.29. The number of nitrogens with one attached hydrogen (secondary N) is 1. The highest BCUT2D eigenvalue weighted by atomic mass is 32.2. The summed E-state index contributed by atoms with van der Waals surface area (Å²) in [5.41, 5.74) is 2.16. The number of imidazole rings is 1. The number of unbranched alkanes of at least 4 members (excludes halogenated alkanes) is 1. The average Bonchev–Trinajstić information content (AvgIpc) is 3.30. The number of nitrogens with two attached hydrogens (primary N) is 1. The van der Waals surface area contributed by atoms with E-state index in [-0.39, 0.29) is 10.6 Å². The van der Waals surface area contributed by atoms with E-state index in [0.717, 1.165) is 36.3 Å². The fraction of sp³-hybridized carbons (Fsp3) is 0.286. The Hall–Kier alpha value is -2.89. The standard InChI is InChI=1S/C21H24N6O3S2/c1-2-3-11-26-18-10-9-16(32(22,29)30)12-17(18)23-19(26)14-31-21-25-24-20(28)27(21)13-15-7-5-4-6-8-15/h4-10,12H,2-3,11,13-14H2,1H3,(H,24,28)(H2,22,29,30). The second-order valence-corrected chi connectivity index (χ2v) is 9.90. The number of rotatable bonds is 9. The molecule has 3 N–H and O–H groups in total. The number of sulfonamides is 1. The van der Waals surface area contributed by atoms with Crippen LogP contribution in [0.25, 0.3) is 11.0 Å². The molecule has 11 heteroatoms. The van der Waals surface area contributed by atoms with Crippen LogP contribution >= 0.6 is 11.8 Å². The number of hydrogen-bond donors (Lipinski definition) is 2. The van der Waals surface area contributed by atoms with Gasteiger partial charge in [-0.25, -0.2) is 28.4 Å². The Kier molecular flexibility index (Phi) is 6.49. The van der Waals surface area contributed by atoms with Crippen LogP contribution in [0.3, 0.4) is 0 Å². The lowest BCUT2D eigenvalue weighted by molar-refractivity contribution is 0.598. The summed E-state index contributed by atoms with van der Waals surface area (Å²) in [7, 11) is -3.81. The summed E-state index contributed by atoms with van der Waals surface area (Å²) in [5, 5.41) is 12.5. The zero-order chi connectivity index (χ0) is 22.7. The van der Waals surface area contributed by atoms with Crippen molar-refractivity contribution >= 4 is 32.8 Å². The van der Waals surface area contributed by atoms with Crippen LogP contribution < -0.4 is 10.8 Å². The van der Waals surface area contributed by atoms with E-state index in [9.17, 15) is 13.2 Å². The highest BCUT2D eigenvalue weighted by Gasteiger charge is 2.17. The van der Waals surface area contributed by atoms with Crippen LogP contribution in [0.15, 0.2) is 63.4 Å². The van der Waals surface area contributed by atoms with Gasteiger partial charge in [-0.15, -0.1) is 5.10 Å². The smallest absolute Gasteiger partial charge is 0.327 e. The van der Waals surface area contributed by atoms with Crippen molar-refractivity contribution in [3.8, 4) is 0 Å². The molecule has 4 rings (SSSR count). The van der Waals surface area contributed by atoms with Gasteiger partial charge in [0.15, 0.2) is 5.16 Å². The van der Waals surface area contributed by atoms with Gasteiger partial charge in [0, 0.05) is 6.54 Å². The van der Waals surface area contributed by atoms with Gasteiger partial charge in [0.1, 0.15) is 5.82 Å². The molecule has 0 unspecified atom stereocenters. The number of fused-ring (bicyclic) bond motifs is 1. The van der Waals surface area contributed by atoms with Crippen molar-refractivity contribution in [1.29, 1.82) is 0 Å². The Bertz CT molecular complexity index is 1390. The van der Waals surface area contributed by atoms with Crippen LogP contribution in [0.1, 0.15) is 31.2 Å². The highest BCUT2D eigenvalue weighted by Crippen LogP contribution is 2.25. The first-order valence-corrected chi connectivity index (χ1v) is 12.7. The molecule has 0 aliphatic carbocycles. The SMILES string of the molecule is CCCCn1c(CSc2n[nH]c(=O)n2Cc2ccccc2)nc2cc(S(N)(=O)=O)ccc21. The van der Waals surface area contributed by atoms with Crippen molar-refractivity contribution in [3.05, 3.63) is 70.4 Å². The molecule has 0 saturated carbocycles. The van der Waals surface area contributed by atoms with Crippen LogP contribution in [-0.4, -0.2) is 32.7 Å². The number of aromatic amines is 1. The van der Waals surface area contributed by atoms with Gasteiger partial charge in [-0.05, 0) is 30.2 Å². The minimum absolute atomic E-state index is 0.0355. The fourth-order valence-corrected chi connectivity index (χ4v) is 4.89. The molecule has 2 heterocycles. The molecule has 0 radical (unpaired) electrons. The quantitative estimate of drug-likeness (QED) is 0.360. The number of aromatic nitrogens is 5. The molecule has 0 amide bonds. The molecule has 168 valence electrons. The van der Waals surface area contributed by atoms with E-state index in [1.165, 1.54) is 23.9 Å². The van der Waals surface area contributed by atoms with Crippen molar-refractivity contribution in [2.75, 3.05) is 0 Å². The van der Waals surface area contributed by atoms with E-state index in [4.69, 9.17) is 5.14 Å². The van der Waals surface area contributed by atoms with Crippen LogP contribution in [0.4, 0.5) is 0 Å². The van der Waals surface area contributed by atoms with E-state index >= 15 is 0 Å². The molecule has 32 heavy (non-hydrogen) atoms. The lowest BCUT2D eigenvalue weighted by Gasteiger charge is -2.09. The maximum Gasteiger partial charge on any atom is 0.344 e. The summed E-state index contributed by atoms with van der Waals surface area (Å²) in [5.74, 6) is 1.26. The zero-order valence-electron chi connectivity index (χ0n) is 17.6. The molecule has 0 bridgehead atoms. The molecular weight excluding hydrogens is 448 g/mol. The fourth-order valence-electron chi connectivity index (χ4n) is 3.46. The Balaban J connectivity index is 1.64. The first-order valence-electron chi connectivity index (χ1n) is 10.2. The van der Waals surface area contributed by atoms with Crippen LogP contribution in [0.2, 0.25) is 0 Å². The van der Waals surface area contributed by atoms with Gasteiger partial charge in [-0.3, -0.25) is 4.57 Å². The van der Waals surface area contributed by atoms with Crippen molar-refractivity contribution in [2.45, 2.75) is 48.7 Å². The molecule has 2 aromatic heterocycles. The van der Waals surface area contributed by atoms with Crippen molar-refractivity contribution in [2.24, 2.45) is 5.14 Å². The average molecular weight is 473 g/mol. The van der Waals surface area contributed by atoms with Gasteiger partial charge in [0.2, 0.25) is 10.0 Å². The Labute approximate surface area is 189 Å². The molecule has 2 aromatic carbocycles. The third kappa shape index (κ3) is 4.79. The number of benzene rings is 2. The van der Waals surface area contributed by atoms with E-state index in [0.29, 0.717) is 23.0 Å². The van der Waals surface area contributed by atoms with Crippen molar-refractivity contribution in [3.63, 3.8) is 0 Å². The van der Waals surface area contributed by atoms with Gasteiger partial charge in [-0.2, -0.15) is 0 Å².